The lowest BCUT2D eigenvalue weighted by atomic mass is 10.0. The maximum absolute atomic E-state index is 13.7. The molecule has 0 amide bonds. The van der Waals surface area contributed by atoms with Gasteiger partial charge in [0.25, 0.3) is 0 Å². The minimum atomic E-state index is -4.68. The first-order valence-electron chi connectivity index (χ1n) is 11.4. The van der Waals surface area contributed by atoms with Crippen LogP contribution in [0.25, 0.3) is 22.3 Å². The Morgan fingerprint density at radius 3 is 2.17 bits per heavy atom. The highest BCUT2D eigenvalue weighted by Crippen LogP contribution is 2.34. The number of rotatable bonds is 10. The number of aromatic nitrogens is 1. The summed E-state index contributed by atoms with van der Waals surface area (Å²) in [6.45, 7) is 3.99. The van der Waals surface area contributed by atoms with Crippen LogP contribution in [0.15, 0.2) is 71.9 Å². The number of unbranched alkanes of at least 4 members (excludes halogenated alkanes) is 2. The summed E-state index contributed by atoms with van der Waals surface area (Å²) in [5.74, 6) is 0. The summed E-state index contributed by atoms with van der Waals surface area (Å²) in [6.07, 6.45) is 0.0427. The molecule has 1 aromatic heterocycles. The van der Waals surface area contributed by atoms with E-state index in [0.29, 0.717) is 18.4 Å². The van der Waals surface area contributed by atoms with E-state index < -0.39 is 21.6 Å². The molecule has 0 saturated heterocycles. The monoisotopic (exact) mass is 523 g/mol. The molecule has 35 heavy (non-hydrogen) atoms. The zero-order valence-corrected chi connectivity index (χ0v) is 21.2. The van der Waals surface area contributed by atoms with Gasteiger partial charge in [-0.25, -0.2) is 8.42 Å². The molecular weight excluding hydrogens is 495 g/mol. The van der Waals surface area contributed by atoms with Crippen LogP contribution >= 0.6 is 12.2 Å². The SMILES string of the molecule is CCCCCC(OCC)S(=O)(=O)c1cccc(-c2cn(C(F)(F)F)cc(-c3ccccc3)c2=S)c1. The van der Waals surface area contributed by atoms with Crippen LogP contribution in [-0.2, 0) is 20.9 Å². The predicted octanol–water partition coefficient (Wildman–Crippen LogP) is 7.74. The van der Waals surface area contributed by atoms with Gasteiger partial charge in [-0.1, -0.05) is 74.4 Å². The van der Waals surface area contributed by atoms with E-state index in [0.717, 1.165) is 25.2 Å². The Balaban J connectivity index is 2.14. The number of sulfone groups is 1. The molecule has 0 bridgehead atoms. The molecule has 0 spiro atoms. The molecule has 1 unspecified atom stereocenters. The minimum absolute atomic E-state index is 0.0111. The molecule has 188 valence electrons. The molecule has 0 fully saturated rings. The van der Waals surface area contributed by atoms with E-state index in [2.05, 4.69) is 0 Å². The van der Waals surface area contributed by atoms with Gasteiger partial charge in [-0.05, 0) is 43.0 Å². The second kappa shape index (κ2) is 11.5. The van der Waals surface area contributed by atoms with Gasteiger partial charge in [0.05, 0.1) is 9.41 Å². The summed E-state index contributed by atoms with van der Waals surface area (Å²) < 4.78 is 73.8. The van der Waals surface area contributed by atoms with Crippen molar-refractivity contribution in [2.24, 2.45) is 0 Å². The molecule has 0 N–H and O–H groups in total. The fourth-order valence-corrected chi connectivity index (χ4v) is 5.82. The van der Waals surface area contributed by atoms with E-state index >= 15 is 0 Å². The van der Waals surface area contributed by atoms with Gasteiger partial charge in [-0.2, -0.15) is 0 Å². The number of pyridine rings is 1. The quantitative estimate of drug-likeness (QED) is 0.201. The number of nitrogens with zero attached hydrogens (tertiary/aromatic N) is 1. The van der Waals surface area contributed by atoms with Crippen molar-refractivity contribution in [3.8, 4) is 22.3 Å². The summed E-state index contributed by atoms with van der Waals surface area (Å²) in [7, 11) is -3.87. The molecular formula is C26H28F3NO3S2. The van der Waals surface area contributed by atoms with Crippen LogP contribution in [0.4, 0.5) is 13.2 Å². The normalized spacial score (nSPS) is 13.1. The number of hydrogen-bond donors (Lipinski definition) is 0. The molecule has 9 heteroatoms. The highest BCUT2D eigenvalue weighted by molar-refractivity contribution is 7.92. The van der Waals surface area contributed by atoms with Gasteiger partial charge in [-0.3, -0.25) is 4.57 Å². The van der Waals surface area contributed by atoms with Crippen molar-refractivity contribution < 1.29 is 26.3 Å². The summed E-state index contributed by atoms with van der Waals surface area (Å²) in [6, 6.07) is 14.4. The van der Waals surface area contributed by atoms with Crippen LogP contribution in [0.5, 0.6) is 0 Å². The van der Waals surface area contributed by atoms with Crippen molar-refractivity contribution >= 4 is 22.1 Å². The van der Waals surface area contributed by atoms with Crippen molar-refractivity contribution in [3.63, 3.8) is 0 Å². The van der Waals surface area contributed by atoms with Gasteiger partial charge < -0.3 is 4.74 Å². The fraction of sp³-hybridized carbons (Fsp3) is 0.346. The largest absolute Gasteiger partial charge is 0.488 e. The number of benzene rings is 2. The van der Waals surface area contributed by atoms with E-state index in [-0.39, 0.29) is 37.3 Å². The fourth-order valence-electron chi connectivity index (χ4n) is 3.82. The Labute approximate surface area is 209 Å². The first-order chi connectivity index (χ1) is 16.6. The van der Waals surface area contributed by atoms with Gasteiger partial charge in [0.1, 0.15) is 0 Å². The number of hydrogen-bond acceptors (Lipinski definition) is 4. The Morgan fingerprint density at radius 1 is 0.943 bits per heavy atom. The summed E-state index contributed by atoms with van der Waals surface area (Å²) >= 11 is 5.58. The predicted molar refractivity (Wildman–Crippen MR) is 134 cm³/mol. The molecule has 3 rings (SSSR count). The zero-order valence-electron chi connectivity index (χ0n) is 19.6. The van der Waals surface area contributed by atoms with Crippen LogP contribution in [0.1, 0.15) is 39.5 Å². The van der Waals surface area contributed by atoms with E-state index in [9.17, 15) is 21.6 Å². The van der Waals surface area contributed by atoms with Gasteiger partial charge >= 0.3 is 6.30 Å². The maximum Gasteiger partial charge on any atom is 0.488 e. The van der Waals surface area contributed by atoms with Crippen LogP contribution < -0.4 is 0 Å². The lowest BCUT2D eigenvalue weighted by Crippen LogP contribution is -2.25. The molecule has 1 heterocycles. The van der Waals surface area contributed by atoms with Crippen molar-refractivity contribution in [2.45, 2.75) is 56.2 Å². The highest BCUT2D eigenvalue weighted by atomic mass is 32.2. The smallest absolute Gasteiger partial charge is 0.362 e. The van der Waals surface area contributed by atoms with E-state index in [1.807, 2.05) is 6.92 Å². The molecule has 0 radical (unpaired) electrons. The average molecular weight is 524 g/mol. The molecule has 0 saturated carbocycles. The molecule has 0 aliphatic carbocycles. The van der Waals surface area contributed by atoms with Gasteiger partial charge in [0.2, 0.25) is 9.84 Å². The van der Waals surface area contributed by atoms with Gasteiger partial charge in [0.15, 0.2) is 5.44 Å². The number of alkyl halides is 3. The molecule has 0 aliphatic rings. The third kappa shape index (κ3) is 6.39. The number of ether oxygens (including phenoxy) is 1. The zero-order chi connectivity index (χ0) is 25.6. The average Bonchev–Trinajstić information content (AvgIpc) is 2.83. The highest BCUT2D eigenvalue weighted by Gasteiger charge is 2.31. The molecule has 4 nitrogen and oxygen atoms in total. The molecule has 1 atom stereocenters. The first-order valence-corrected chi connectivity index (χ1v) is 13.4. The van der Waals surface area contributed by atoms with Crippen LogP contribution in [0, 0.1) is 4.51 Å². The van der Waals surface area contributed by atoms with E-state index in [1.165, 1.54) is 18.2 Å². The lowest BCUT2D eigenvalue weighted by Gasteiger charge is -2.19. The Kier molecular flexibility index (Phi) is 8.90. The van der Waals surface area contributed by atoms with Gasteiger partial charge in [-0.15, -0.1) is 13.2 Å². The summed E-state index contributed by atoms with van der Waals surface area (Å²) in [4.78, 5) is -0.0111. The van der Waals surface area contributed by atoms with E-state index in [4.69, 9.17) is 17.0 Å². The first kappa shape index (κ1) is 27.1. The van der Waals surface area contributed by atoms with Crippen LogP contribution in [0.3, 0.4) is 0 Å². The second-order valence-electron chi connectivity index (χ2n) is 8.11. The second-order valence-corrected chi connectivity index (χ2v) is 10.6. The Hall–Kier alpha value is -2.49. The van der Waals surface area contributed by atoms with Crippen molar-refractivity contribution in [3.05, 3.63) is 71.5 Å². The molecule has 2 aromatic carbocycles. The minimum Gasteiger partial charge on any atom is -0.362 e. The molecule has 3 aromatic rings. The Morgan fingerprint density at radius 2 is 1.57 bits per heavy atom. The van der Waals surface area contributed by atoms with Crippen LogP contribution in [0.2, 0.25) is 0 Å². The van der Waals surface area contributed by atoms with Crippen molar-refractivity contribution in [1.29, 1.82) is 0 Å². The van der Waals surface area contributed by atoms with Crippen LogP contribution in [-0.4, -0.2) is 25.0 Å². The Bertz CT molecular complexity index is 1300. The third-order valence-corrected chi connectivity index (χ3v) is 8.03. The van der Waals surface area contributed by atoms with Crippen molar-refractivity contribution in [2.75, 3.05) is 6.61 Å². The summed E-state index contributed by atoms with van der Waals surface area (Å²) in [5.41, 5.74) is 0.155. The lowest BCUT2D eigenvalue weighted by molar-refractivity contribution is -0.204. The number of halogens is 3. The topological polar surface area (TPSA) is 48.3 Å². The third-order valence-electron chi connectivity index (χ3n) is 5.62. The van der Waals surface area contributed by atoms with E-state index in [1.54, 1.807) is 43.3 Å². The summed E-state index contributed by atoms with van der Waals surface area (Å²) in [5, 5.41) is 0. The van der Waals surface area contributed by atoms with Gasteiger partial charge in [0, 0.05) is 30.1 Å². The standard InChI is InChI=1S/C26H28F3NO3S2/c1-3-5-7-15-24(33-4-2)35(31,32)21-14-10-13-20(16-21)23-18-30(26(27,28)29)17-22(25(23)34)19-11-8-6-9-12-19/h6,8-14,16-18,24H,3-5,7,15H2,1-2H3. The molecule has 0 aliphatic heterocycles. The maximum atomic E-state index is 13.7. The van der Waals surface area contributed by atoms with Crippen molar-refractivity contribution in [1.82, 2.24) is 4.57 Å².